The van der Waals surface area contributed by atoms with Crippen LogP contribution in [-0.2, 0) is 4.79 Å². The van der Waals surface area contributed by atoms with Gasteiger partial charge in [0.2, 0.25) is 0 Å². The van der Waals surface area contributed by atoms with E-state index in [1.165, 1.54) is 5.01 Å². The highest BCUT2D eigenvalue weighted by atomic mass is 16.5. The Hall–Kier alpha value is -2.88. The smallest absolute Gasteiger partial charge is 0.280 e. The highest BCUT2D eigenvalue weighted by Gasteiger charge is 2.28. The number of hydrazone groups is 1. The van der Waals surface area contributed by atoms with Crippen LogP contribution in [-0.4, -0.2) is 18.2 Å². The second-order valence-electron chi connectivity index (χ2n) is 5.58. The third-order valence-corrected chi connectivity index (χ3v) is 3.74. The first-order valence-electron chi connectivity index (χ1n) is 8.09. The summed E-state index contributed by atoms with van der Waals surface area (Å²) in [6.45, 7) is 4.57. The van der Waals surface area contributed by atoms with Gasteiger partial charge in [0.15, 0.2) is 0 Å². The van der Waals surface area contributed by atoms with Crippen LogP contribution >= 0.6 is 0 Å². The lowest BCUT2D eigenvalue weighted by atomic mass is 10.1. The van der Waals surface area contributed by atoms with Gasteiger partial charge in [0.05, 0.1) is 23.6 Å². The number of hydrogen-bond donors (Lipinski definition) is 0. The van der Waals surface area contributed by atoms with Crippen molar-refractivity contribution in [1.29, 1.82) is 0 Å². The van der Waals surface area contributed by atoms with Gasteiger partial charge in [-0.25, -0.2) is 0 Å². The van der Waals surface area contributed by atoms with Crippen LogP contribution in [0.4, 0.5) is 5.69 Å². The maximum absolute atomic E-state index is 12.7. The molecule has 0 atom stereocenters. The monoisotopic (exact) mass is 320 g/mol. The minimum Gasteiger partial charge on any atom is -0.493 e. The summed E-state index contributed by atoms with van der Waals surface area (Å²) in [5, 5.41) is 5.84. The molecule has 0 spiro atoms. The van der Waals surface area contributed by atoms with E-state index in [0.717, 1.165) is 23.4 Å². The van der Waals surface area contributed by atoms with Crippen molar-refractivity contribution >= 4 is 23.4 Å². The number of carbonyl (C=O) groups excluding carboxylic acids is 1. The van der Waals surface area contributed by atoms with Crippen LogP contribution in [0.1, 0.15) is 25.8 Å². The van der Waals surface area contributed by atoms with Gasteiger partial charge in [0.1, 0.15) is 5.75 Å². The lowest BCUT2D eigenvalue weighted by Gasteiger charge is -2.11. The third-order valence-electron chi connectivity index (χ3n) is 3.74. The topological polar surface area (TPSA) is 41.9 Å². The van der Waals surface area contributed by atoms with Crippen molar-refractivity contribution in [3.8, 4) is 5.75 Å². The fraction of sp³-hybridized carbons (Fsp3) is 0.200. The molecule has 0 aromatic heterocycles. The van der Waals surface area contributed by atoms with Crippen molar-refractivity contribution in [1.82, 2.24) is 0 Å². The summed E-state index contributed by atoms with van der Waals surface area (Å²) in [7, 11) is 0. The van der Waals surface area contributed by atoms with Crippen LogP contribution in [0.25, 0.3) is 6.08 Å². The average Bonchev–Trinajstić information content (AvgIpc) is 2.90. The van der Waals surface area contributed by atoms with Crippen LogP contribution in [0.5, 0.6) is 5.75 Å². The molecule has 1 heterocycles. The lowest BCUT2D eigenvalue weighted by Crippen LogP contribution is -2.21. The second-order valence-corrected chi connectivity index (χ2v) is 5.58. The molecule has 4 nitrogen and oxygen atoms in total. The maximum atomic E-state index is 12.7. The van der Waals surface area contributed by atoms with Crippen molar-refractivity contribution in [2.75, 3.05) is 11.6 Å². The van der Waals surface area contributed by atoms with Crippen LogP contribution in [0.15, 0.2) is 65.3 Å². The first-order valence-corrected chi connectivity index (χ1v) is 8.09. The molecule has 1 aliphatic heterocycles. The zero-order valence-corrected chi connectivity index (χ0v) is 13.9. The van der Waals surface area contributed by atoms with Crippen LogP contribution in [0.3, 0.4) is 0 Å². The van der Waals surface area contributed by atoms with E-state index in [9.17, 15) is 4.79 Å². The predicted octanol–water partition coefficient (Wildman–Crippen LogP) is 4.28. The number of carbonyl (C=O) groups is 1. The summed E-state index contributed by atoms with van der Waals surface area (Å²) in [5.41, 5.74) is 2.94. The van der Waals surface area contributed by atoms with Crippen molar-refractivity contribution in [2.24, 2.45) is 5.10 Å². The Balaban J connectivity index is 1.92. The molecule has 0 aliphatic carbocycles. The molecule has 1 amide bonds. The number of ether oxygens (including phenoxy) is 1. The number of hydrogen-bond acceptors (Lipinski definition) is 3. The van der Waals surface area contributed by atoms with Gasteiger partial charge in [-0.3, -0.25) is 4.79 Å². The normalized spacial score (nSPS) is 15.8. The summed E-state index contributed by atoms with van der Waals surface area (Å²) in [6.07, 6.45) is 2.79. The summed E-state index contributed by atoms with van der Waals surface area (Å²) in [5.74, 6) is 0.662. The highest BCUT2D eigenvalue weighted by molar-refractivity contribution is 6.32. The van der Waals surface area contributed by atoms with E-state index in [0.29, 0.717) is 17.9 Å². The van der Waals surface area contributed by atoms with E-state index in [2.05, 4.69) is 12.0 Å². The molecule has 0 bridgehead atoms. The fourth-order valence-corrected chi connectivity index (χ4v) is 2.53. The Morgan fingerprint density at radius 2 is 1.79 bits per heavy atom. The first kappa shape index (κ1) is 16.0. The number of amides is 1. The van der Waals surface area contributed by atoms with Gasteiger partial charge in [-0.2, -0.15) is 10.1 Å². The van der Waals surface area contributed by atoms with Crippen molar-refractivity contribution in [3.63, 3.8) is 0 Å². The molecule has 0 N–H and O–H groups in total. The molecule has 0 radical (unpaired) electrons. The van der Waals surface area contributed by atoms with Crippen molar-refractivity contribution in [2.45, 2.75) is 20.3 Å². The zero-order valence-electron chi connectivity index (χ0n) is 13.9. The van der Waals surface area contributed by atoms with Gasteiger partial charge < -0.3 is 4.74 Å². The Bertz CT molecular complexity index is 794. The summed E-state index contributed by atoms with van der Waals surface area (Å²) in [4.78, 5) is 12.7. The van der Waals surface area contributed by atoms with Gasteiger partial charge in [-0.1, -0.05) is 43.3 Å². The SMILES string of the molecule is CCCOc1ccccc1/C=C1\C(=O)N(c2ccccc2)N=C1C. The molecule has 0 unspecified atom stereocenters. The van der Waals surface area contributed by atoms with Crippen molar-refractivity contribution < 1.29 is 9.53 Å². The minimum atomic E-state index is -0.121. The number of benzene rings is 2. The predicted molar refractivity (Wildman–Crippen MR) is 97.2 cm³/mol. The van der Waals surface area contributed by atoms with Gasteiger partial charge in [-0.15, -0.1) is 0 Å². The molecular formula is C20H20N2O2. The summed E-state index contributed by atoms with van der Waals surface area (Å²) in [6, 6.07) is 17.2. The fourth-order valence-electron chi connectivity index (χ4n) is 2.53. The quantitative estimate of drug-likeness (QED) is 0.772. The first-order chi connectivity index (χ1) is 11.7. The Labute approximate surface area is 142 Å². The molecule has 0 saturated carbocycles. The highest BCUT2D eigenvalue weighted by Crippen LogP contribution is 2.27. The van der Waals surface area contributed by atoms with Crippen LogP contribution in [0.2, 0.25) is 0 Å². The Kier molecular flexibility index (Phi) is 4.75. The molecule has 0 saturated heterocycles. The second kappa shape index (κ2) is 7.13. The number of rotatable bonds is 5. The third kappa shape index (κ3) is 3.23. The molecule has 1 aliphatic rings. The Morgan fingerprint density at radius 3 is 2.54 bits per heavy atom. The molecule has 122 valence electrons. The molecular weight excluding hydrogens is 300 g/mol. The molecule has 2 aromatic carbocycles. The van der Waals surface area contributed by atoms with Gasteiger partial charge in [0.25, 0.3) is 5.91 Å². The van der Waals surface area contributed by atoms with E-state index in [1.807, 2.05) is 67.6 Å². The van der Waals surface area contributed by atoms with Gasteiger partial charge >= 0.3 is 0 Å². The maximum Gasteiger partial charge on any atom is 0.280 e. The van der Waals surface area contributed by atoms with E-state index in [-0.39, 0.29) is 5.91 Å². The lowest BCUT2D eigenvalue weighted by molar-refractivity contribution is -0.114. The number of para-hydroxylation sites is 2. The molecule has 2 aromatic rings. The van der Waals surface area contributed by atoms with Gasteiger partial charge in [-0.05, 0) is 37.6 Å². The van der Waals surface area contributed by atoms with Crippen molar-refractivity contribution in [3.05, 3.63) is 65.7 Å². The van der Waals surface area contributed by atoms with Crippen LogP contribution in [0, 0.1) is 0 Å². The number of anilines is 1. The minimum absolute atomic E-state index is 0.121. The molecule has 3 rings (SSSR count). The molecule has 0 fully saturated rings. The molecule has 24 heavy (non-hydrogen) atoms. The Morgan fingerprint density at radius 1 is 1.08 bits per heavy atom. The zero-order chi connectivity index (χ0) is 16.9. The number of nitrogens with zero attached hydrogens (tertiary/aromatic N) is 2. The summed E-state index contributed by atoms with van der Waals surface area (Å²) < 4.78 is 5.77. The van der Waals surface area contributed by atoms with Gasteiger partial charge in [0, 0.05) is 5.56 Å². The standard InChI is InChI=1S/C20H20N2O2/c1-3-13-24-19-12-8-7-9-16(19)14-18-15(2)21-22(20(18)23)17-10-5-4-6-11-17/h4-12,14H,3,13H2,1-2H3/b18-14-. The summed E-state index contributed by atoms with van der Waals surface area (Å²) >= 11 is 0. The average molecular weight is 320 g/mol. The van der Waals surface area contributed by atoms with E-state index in [4.69, 9.17) is 4.74 Å². The van der Waals surface area contributed by atoms with E-state index >= 15 is 0 Å². The van der Waals surface area contributed by atoms with E-state index in [1.54, 1.807) is 0 Å². The van der Waals surface area contributed by atoms with Crippen LogP contribution < -0.4 is 9.75 Å². The largest absolute Gasteiger partial charge is 0.493 e. The molecule has 4 heteroatoms. The van der Waals surface area contributed by atoms with E-state index < -0.39 is 0 Å².